The van der Waals surface area contributed by atoms with E-state index >= 15 is 0 Å². The molecule has 2 aromatic heterocycles. The first-order chi connectivity index (χ1) is 15.0. The highest BCUT2D eigenvalue weighted by molar-refractivity contribution is 9.10. The van der Waals surface area contributed by atoms with Crippen molar-refractivity contribution in [3.63, 3.8) is 0 Å². The molecule has 0 aliphatic rings. The third-order valence-corrected chi connectivity index (χ3v) is 5.84. The van der Waals surface area contributed by atoms with E-state index in [1.54, 1.807) is 53.9 Å². The molecule has 0 bridgehead atoms. The molecule has 0 spiro atoms. The summed E-state index contributed by atoms with van der Waals surface area (Å²) in [5, 5.41) is 12.6. The lowest BCUT2D eigenvalue weighted by Gasteiger charge is -2.01. The minimum atomic E-state index is -0.493. The molecule has 4 rings (SSSR count). The number of allylic oxidation sites excluding steroid dienone is 1. The molecular formula is C23H13BrN2O4S. The molecule has 0 aliphatic carbocycles. The number of carbonyl (C=O) groups excluding carboxylic acids is 1. The Bertz CT molecular complexity index is 1430. The van der Waals surface area contributed by atoms with Crippen LogP contribution in [0.25, 0.3) is 33.9 Å². The van der Waals surface area contributed by atoms with Crippen LogP contribution < -0.4 is 5.63 Å². The number of esters is 1. The van der Waals surface area contributed by atoms with Gasteiger partial charge in [0.2, 0.25) is 0 Å². The number of rotatable bonds is 4. The van der Waals surface area contributed by atoms with Gasteiger partial charge in [-0.25, -0.2) is 14.6 Å². The Morgan fingerprint density at radius 3 is 2.71 bits per heavy atom. The molecule has 0 atom stereocenters. The molecule has 0 saturated heterocycles. The fraction of sp³-hybridized carbons (Fsp3) is 0.0435. The van der Waals surface area contributed by atoms with E-state index in [1.165, 1.54) is 18.4 Å². The molecule has 0 radical (unpaired) electrons. The number of hydrogen-bond donors (Lipinski definition) is 0. The maximum Gasteiger partial charge on any atom is 0.345 e. The Balaban J connectivity index is 1.69. The van der Waals surface area contributed by atoms with E-state index in [9.17, 15) is 14.9 Å². The first kappa shape index (κ1) is 20.7. The van der Waals surface area contributed by atoms with Crippen LogP contribution in [0, 0.1) is 11.3 Å². The summed E-state index contributed by atoms with van der Waals surface area (Å²) in [6.07, 6.45) is 1.67. The van der Waals surface area contributed by atoms with Crippen molar-refractivity contribution in [1.82, 2.24) is 4.98 Å². The topological polar surface area (TPSA) is 93.2 Å². The number of fused-ring (bicyclic) bond motifs is 1. The predicted molar refractivity (Wildman–Crippen MR) is 123 cm³/mol. The average molecular weight is 493 g/mol. The number of methoxy groups -OCH3 is 1. The number of nitriles is 1. The average Bonchev–Trinajstić information content (AvgIpc) is 3.27. The van der Waals surface area contributed by atoms with E-state index < -0.39 is 11.6 Å². The van der Waals surface area contributed by atoms with Gasteiger partial charge in [-0.1, -0.05) is 28.1 Å². The molecule has 31 heavy (non-hydrogen) atoms. The van der Waals surface area contributed by atoms with Crippen LogP contribution in [0.3, 0.4) is 0 Å². The quantitative estimate of drug-likeness (QED) is 0.211. The fourth-order valence-corrected chi connectivity index (χ4v) is 4.10. The molecule has 0 aliphatic heterocycles. The van der Waals surface area contributed by atoms with Gasteiger partial charge in [0.1, 0.15) is 16.7 Å². The molecule has 2 heterocycles. The molecule has 2 aromatic carbocycles. The van der Waals surface area contributed by atoms with Gasteiger partial charge in [0, 0.05) is 15.2 Å². The van der Waals surface area contributed by atoms with Crippen molar-refractivity contribution in [2.45, 2.75) is 0 Å². The summed E-state index contributed by atoms with van der Waals surface area (Å²) in [7, 11) is 1.32. The van der Waals surface area contributed by atoms with Crippen molar-refractivity contribution in [2.24, 2.45) is 0 Å². The Hall–Kier alpha value is -3.54. The van der Waals surface area contributed by atoms with Crippen LogP contribution in [0.5, 0.6) is 0 Å². The van der Waals surface area contributed by atoms with Crippen molar-refractivity contribution in [2.75, 3.05) is 7.11 Å². The van der Waals surface area contributed by atoms with Gasteiger partial charge in [0.25, 0.3) is 0 Å². The van der Waals surface area contributed by atoms with Gasteiger partial charge < -0.3 is 9.15 Å². The van der Waals surface area contributed by atoms with Crippen LogP contribution in [0.4, 0.5) is 0 Å². The highest BCUT2D eigenvalue weighted by Crippen LogP contribution is 2.28. The maximum atomic E-state index is 12.4. The van der Waals surface area contributed by atoms with Crippen LogP contribution >= 0.6 is 27.3 Å². The van der Waals surface area contributed by atoms with Crippen LogP contribution in [-0.2, 0) is 4.74 Å². The summed E-state index contributed by atoms with van der Waals surface area (Å²) >= 11 is 4.67. The largest absolute Gasteiger partial charge is 0.465 e. The SMILES string of the molecule is COC(=O)c1ccc(/C=C(\C#N)c2nc(-c3cc4cc(Br)ccc4oc3=O)cs2)cc1. The van der Waals surface area contributed by atoms with E-state index in [-0.39, 0.29) is 0 Å². The third kappa shape index (κ3) is 4.33. The van der Waals surface area contributed by atoms with Crippen LogP contribution in [0.2, 0.25) is 0 Å². The van der Waals surface area contributed by atoms with Crippen molar-refractivity contribution in [3.8, 4) is 17.3 Å². The van der Waals surface area contributed by atoms with Crippen molar-refractivity contribution >= 4 is 55.9 Å². The smallest absolute Gasteiger partial charge is 0.345 e. The Morgan fingerprint density at radius 2 is 2.00 bits per heavy atom. The van der Waals surface area contributed by atoms with Crippen LogP contribution in [0.1, 0.15) is 20.9 Å². The summed E-state index contributed by atoms with van der Waals surface area (Å²) in [6, 6.07) is 15.9. The zero-order valence-corrected chi connectivity index (χ0v) is 18.5. The van der Waals surface area contributed by atoms with Gasteiger partial charge >= 0.3 is 11.6 Å². The molecule has 8 heteroatoms. The lowest BCUT2D eigenvalue weighted by molar-refractivity contribution is 0.0600. The number of aromatic nitrogens is 1. The second-order valence-electron chi connectivity index (χ2n) is 6.45. The molecule has 0 saturated carbocycles. The summed E-state index contributed by atoms with van der Waals surface area (Å²) in [5.74, 6) is -0.429. The lowest BCUT2D eigenvalue weighted by atomic mass is 10.1. The molecule has 0 N–H and O–H groups in total. The maximum absolute atomic E-state index is 12.4. The van der Waals surface area contributed by atoms with Crippen LogP contribution in [0.15, 0.2) is 67.6 Å². The lowest BCUT2D eigenvalue weighted by Crippen LogP contribution is -2.03. The minimum Gasteiger partial charge on any atom is -0.465 e. The first-order valence-corrected chi connectivity index (χ1v) is 10.7. The summed E-state index contributed by atoms with van der Waals surface area (Å²) in [4.78, 5) is 28.5. The molecule has 0 unspecified atom stereocenters. The number of nitrogens with zero attached hydrogens (tertiary/aromatic N) is 2. The number of hydrogen-bond acceptors (Lipinski definition) is 7. The molecule has 6 nitrogen and oxygen atoms in total. The van der Waals surface area contributed by atoms with E-state index in [2.05, 4.69) is 31.7 Å². The summed E-state index contributed by atoms with van der Waals surface area (Å²) < 4.78 is 11.0. The Labute approximate surface area is 189 Å². The standard InChI is InChI=1S/C23H13BrN2O4S/c1-29-22(27)14-4-2-13(3-5-14)8-16(11-25)21-26-19(12-31-21)18-10-15-9-17(24)6-7-20(15)30-23(18)28/h2-10,12H,1H3/b16-8+. The number of ether oxygens (including phenoxy) is 1. The molecule has 0 amide bonds. The van der Waals surface area contributed by atoms with Crippen molar-refractivity contribution < 1.29 is 13.9 Å². The number of carbonyl (C=O) groups is 1. The minimum absolute atomic E-state index is 0.327. The fourth-order valence-electron chi connectivity index (χ4n) is 2.94. The monoisotopic (exact) mass is 492 g/mol. The zero-order valence-electron chi connectivity index (χ0n) is 16.1. The predicted octanol–water partition coefficient (Wildman–Crippen LogP) is 5.53. The molecule has 0 fully saturated rings. The Kier molecular flexibility index (Phi) is 5.80. The van der Waals surface area contributed by atoms with Crippen molar-refractivity contribution in [1.29, 1.82) is 5.26 Å². The molecular weight excluding hydrogens is 480 g/mol. The zero-order chi connectivity index (χ0) is 22.0. The van der Waals surface area contributed by atoms with Gasteiger partial charge in [-0.3, -0.25) is 0 Å². The van der Waals surface area contributed by atoms with Crippen LogP contribution in [-0.4, -0.2) is 18.1 Å². The van der Waals surface area contributed by atoms with E-state index in [4.69, 9.17) is 4.42 Å². The van der Waals surface area contributed by atoms with E-state index in [0.29, 0.717) is 33.0 Å². The van der Waals surface area contributed by atoms with Gasteiger partial charge in [-0.05, 0) is 48.0 Å². The van der Waals surface area contributed by atoms with Gasteiger partial charge in [0.15, 0.2) is 0 Å². The number of halogens is 1. The van der Waals surface area contributed by atoms with E-state index in [0.717, 1.165) is 15.4 Å². The molecule has 152 valence electrons. The summed E-state index contributed by atoms with van der Waals surface area (Å²) in [6.45, 7) is 0. The van der Waals surface area contributed by atoms with Gasteiger partial charge in [-0.2, -0.15) is 5.26 Å². The highest BCUT2D eigenvalue weighted by atomic mass is 79.9. The van der Waals surface area contributed by atoms with Gasteiger partial charge in [-0.15, -0.1) is 11.3 Å². The summed E-state index contributed by atoms with van der Waals surface area (Å²) in [5.41, 5.74) is 2.26. The number of benzene rings is 2. The molecule has 4 aromatic rings. The second kappa shape index (κ2) is 8.68. The normalized spacial score (nSPS) is 11.3. The third-order valence-electron chi connectivity index (χ3n) is 4.47. The highest BCUT2D eigenvalue weighted by Gasteiger charge is 2.14. The second-order valence-corrected chi connectivity index (χ2v) is 8.22. The van der Waals surface area contributed by atoms with Gasteiger partial charge in [0.05, 0.1) is 29.5 Å². The number of thiazole rings is 1. The van der Waals surface area contributed by atoms with E-state index in [1.807, 2.05) is 6.07 Å². The Morgan fingerprint density at radius 1 is 1.23 bits per heavy atom. The first-order valence-electron chi connectivity index (χ1n) is 8.98. The van der Waals surface area contributed by atoms with Crippen molar-refractivity contribution in [3.05, 3.63) is 84.9 Å².